The van der Waals surface area contributed by atoms with Crippen molar-refractivity contribution in [3.05, 3.63) is 58.6 Å². The van der Waals surface area contributed by atoms with E-state index < -0.39 is 17.8 Å². The molecule has 1 saturated heterocycles. The van der Waals surface area contributed by atoms with Crippen LogP contribution >= 0.6 is 11.6 Å². The number of carbonyl (C=O) groups is 3. The maximum absolute atomic E-state index is 13.3. The Hall–Kier alpha value is -3.36. The summed E-state index contributed by atoms with van der Waals surface area (Å²) in [7, 11) is 2.93. The highest BCUT2D eigenvalue weighted by Gasteiger charge is 2.42. The van der Waals surface area contributed by atoms with E-state index in [0.717, 1.165) is 9.80 Å². The van der Waals surface area contributed by atoms with Crippen LogP contribution in [0.5, 0.6) is 11.5 Å². The number of imide groups is 2. The number of nitrogens with zero attached hydrogens (tertiary/aromatic N) is 2. The fraction of sp³-hybridized carbons (Fsp3) is 0.261. The van der Waals surface area contributed by atoms with Crippen LogP contribution in [-0.4, -0.2) is 56.7 Å². The summed E-state index contributed by atoms with van der Waals surface area (Å²) in [5.41, 5.74) is 0.508. The van der Waals surface area contributed by atoms with Crippen LogP contribution < -0.4 is 14.4 Å². The Bertz CT molecular complexity index is 1050. The van der Waals surface area contributed by atoms with Gasteiger partial charge in [-0.05, 0) is 36.8 Å². The van der Waals surface area contributed by atoms with E-state index in [4.69, 9.17) is 25.8 Å². The molecule has 0 unspecified atom stereocenters. The summed E-state index contributed by atoms with van der Waals surface area (Å²) in [6, 6.07) is 10.8. The maximum atomic E-state index is 13.3. The van der Waals surface area contributed by atoms with Crippen molar-refractivity contribution in [2.24, 2.45) is 0 Å². The van der Waals surface area contributed by atoms with Crippen LogP contribution in [-0.2, 0) is 14.3 Å². The van der Waals surface area contributed by atoms with Gasteiger partial charge < -0.3 is 14.2 Å². The Kier molecular flexibility index (Phi) is 7.50. The number of anilines is 1. The molecule has 0 radical (unpaired) electrons. The third-order valence-electron chi connectivity index (χ3n) is 4.75. The van der Waals surface area contributed by atoms with E-state index >= 15 is 0 Å². The summed E-state index contributed by atoms with van der Waals surface area (Å²) < 4.78 is 15.9. The molecule has 2 aromatic carbocycles. The van der Waals surface area contributed by atoms with Crippen molar-refractivity contribution in [1.82, 2.24) is 4.90 Å². The first-order valence-electron chi connectivity index (χ1n) is 9.89. The average Bonchev–Trinajstić information content (AvgIpc) is 2.79. The summed E-state index contributed by atoms with van der Waals surface area (Å²) in [5, 5.41) is 0.258. The number of benzene rings is 2. The molecule has 1 heterocycles. The summed E-state index contributed by atoms with van der Waals surface area (Å²) in [6.07, 6.45) is 1.35. The van der Waals surface area contributed by atoms with Gasteiger partial charge in [0, 0.05) is 13.2 Å². The zero-order valence-corrected chi connectivity index (χ0v) is 18.7. The minimum absolute atomic E-state index is 0.0115. The predicted molar refractivity (Wildman–Crippen MR) is 120 cm³/mol. The van der Waals surface area contributed by atoms with Crippen molar-refractivity contribution in [3.63, 3.8) is 0 Å². The number of amides is 4. The van der Waals surface area contributed by atoms with Crippen molar-refractivity contribution >= 4 is 41.2 Å². The predicted octanol–water partition coefficient (Wildman–Crippen LogP) is 3.77. The number of para-hydroxylation sites is 1. The van der Waals surface area contributed by atoms with E-state index in [1.165, 1.54) is 20.3 Å². The van der Waals surface area contributed by atoms with Gasteiger partial charge in [0.05, 0.1) is 37.6 Å². The van der Waals surface area contributed by atoms with Crippen LogP contribution in [0.4, 0.5) is 10.5 Å². The lowest BCUT2D eigenvalue weighted by Gasteiger charge is -2.33. The first-order valence-corrected chi connectivity index (χ1v) is 10.3. The third kappa shape index (κ3) is 4.61. The number of halogens is 1. The molecule has 2 aromatic rings. The van der Waals surface area contributed by atoms with Gasteiger partial charge in [-0.2, -0.15) is 0 Å². The lowest BCUT2D eigenvalue weighted by atomic mass is 10.0. The molecule has 0 aromatic heterocycles. The zero-order valence-electron chi connectivity index (χ0n) is 18.0. The summed E-state index contributed by atoms with van der Waals surface area (Å²) in [5.74, 6) is -0.644. The van der Waals surface area contributed by atoms with Crippen molar-refractivity contribution in [3.8, 4) is 11.5 Å². The van der Waals surface area contributed by atoms with Gasteiger partial charge in [0.2, 0.25) is 0 Å². The molecule has 168 valence electrons. The Morgan fingerprint density at radius 3 is 2.34 bits per heavy atom. The van der Waals surface area contributed by atoms with E-state index in [0.29, 0.717) is 29.4 Å². The second kappa shape index (κ2) is 10.3. The fourth-order valence-electron chi connectivity index (χ4n) is 3.20. The van der Waals surface area contributed by atoms with Crippen LogP contribution in [0.1, 0.15) is 12.5 Å². The van der Waals surface area contributed by atoms with Gasteiger partial charge in [-0.1, -0.05) is 29.8 Å². The number of urea groups is 1. The fourth-order valence-corrected chi connectivity index (χ4v) is 3.41. The molecule has 0 aliphatic carbocycles. The molecule has 1 aliphatic rings. The molecule has 8 nitrogen and oxygen atoms in total. The molecule has 0 N–H and O–H groups in total. The lowest BCUT2D eigenvalue weighted by Crippen LogP contribution is -2.57. The molecular formula is C23H23ClN2O6. The molecule has 4 amide bonds. The third-order valence-corrected chi connectivity index (χ3v) is 5.07. The van der Waals surface area contributed by atoms with Gasteiger partial charge in [-0.3, -0.25) is 14.5 Å². The summed E-state index contributed by atoms with van der Waals surface area (Å²) in [6.45, 7) is 2.35. The van der Waals surface area contributed by atoms with Gasteiger partial charge >= 0.3 is 6.03 Å². The van der Waals surface area contributed by atoms with Gasteiger partial charge in [0.15, 0.2) is 11.5 Å². The Morgan fingerprint density at radius 1 is 1.00 bits per heavy atom. The largest absolute Gasteiger partial charge is 0.493 e. The minimum Gasteiger partial charge on any atom is -0.493 e. The molecule has 9 heteroatoms. The Balaban J connectivity index is 2.11. The second-order valence-electron chi connectivity index (χ2n) is 6.72. The highest BCUT2D eigenvalue weighted by Crippen LogP contribution is 2.35. The number of carbonyl (C=O) groups excluding carboxylic acids is 3. The van der Waals surface area contributed by atoms with E-state index in [2.05, 4.69) is 0 Å². The molecule has 1 aliphatic heterocycles. The van der Waals surface area contributed by atoms with Crippen molar-refractivity contribution < 1.29 is 28.6 Å². The monoisotopic (exact) mass is 458 g/mol. The van der Waals surface area contributed by atoms with Crippen LogP contribution in [0.15, 0.2) is 48.0 Å². The lowest BCUT2D eigenvalue weighted by molar-refractivity contribution is -0.129. The zero-order chi connectivity index (χ0) is 23.3. The standard InChI is InChI=1S/C23H23ClN2O6/c1-4-32-20-14-18(24)15(13-19(20)31-3)12-17-21(27)25(10-11-30-2)23(29)26(22(17)28)16-8-6-5-7-9-16/h5-9,12-14H,4,10-11H2,1-3H3/b17-12-. The van der Waals surface area contributed by atoms with Crippen molar-refractivity contribution in [1.29, 1.82) is 0 Å². The normalized spacial score (nSPS) is 15.5. The molecule has 0 atom stereocenters. The molecule has 0 spiro atoms. The van der Waals surface area contributed by atoms with E-state index in [1.54, 1.807) is 42.5 Å². The SMILES string of the molecule is CCOc1cc(Cl)c(/C=C2/C(=O)N(CCOC)C(=O)N(c3ccccc3)C2=O)cc1OC. The highest BCUT2D eigenvalue weighted by atomic mass is 35.5. The van der Waals surface area contributed by atoms with Gasteiger partial charge in [-0.15, -0.1) is 0 Å². The molecule has 32 heavy (non-hydrogen) atoms. The topological polar surface area (TPSA) is 85.4 Å². The minimum atomic E-state index is -0.746. The smallest absolute Gasteiger partial charge is 0.338 e. The number of hydrogen-bond donors (Lipinski definition) is 0. The number of hydrogen-bond acceptors (Lipinski definition) is 6. The number of rotatable bonds is 8. The molecule has 0 saturated carbocycles. The van der Waals surface area contributed by atoms with Crippen LogP contribution in [0.25, 0.3) is 6.08 Å². The quantitative estimate of drug-likeness (QED) is 0.442. The van der Waals surface area contributed by atoms with Crippen LogP contribution in [0, 0.1) is 0 Å². The Morgan fingerprint density at radius 2 is 1.72 bits per heavy atom. The first kappa shape index (κ1) is 23.3. The van der Waals surface area contributed by atoms with Crippen LogP contribution in [0.2, 0.25) is 5.02 Å². The van der Waals surface area contributed by atoms with Crippen molar-refractivity contribution in [2.75, 3.05) is 38.9 Å². The van der Waals surface area contributed by atoms with Crippen molar-refractivity contribution in [2.45, 2.75) is 6.92 Å². The molecular weight excluding hydrogens is 436 g/mol. The van der Waals surface area contributed by atoms with Gasteiger partial charge in [-0.25, -0.2) is 9.69 Å². The van der Waals surface area contributed by atoms with E-state index in [9.17, 15) is 14.4 Å². The number of barbiturate groups is 1. The number of ether oxygens (including phenoxy) is 3. The van der Waals surface area contributed by atoms with Gasteiger partial charge in [0.25, 0.3) is 11.8 Å². The molecule has 0 bridgehead atoms. The van der Waals surface area contributed by atoms with E-state index in [-0.39, 0.29) is 23.7 Å². The molecule has 3 rings (SSSR count). The summed E-state index contributed by atoms with van der Waals surface area (Å²) >= 11 is 6.39. The summed E-state index contributed by atoms with van der Waals surface area (Å²) in [4.78, 5) is 41.3. The van der Waals surface area contributed by atoms with Gasteiger partial charge in [0.1, 0.15) is 5.57 Å². The maximum Gasteiger partial charge on any atom is 0.338 e. The first-order chi connectivity index (χ1) is 15.4. The second-order valence-corrected chi connectivity index (χ2v) is 7.13. The highest BCUT2D eigenvalue weighted by molar-refractivity contribution is 6.39. The Labute approximate surface area is 190 Å². The van der Waals surface area contributed by atoms with Crippen LogP contribution in [0.3, 0.4) is 0 Å². The average molecular weight is 459 g/mol. The number of methoxy groups -OCH3 is 2. The molecule has 1 fully saturated rings. The van der Waals surface area contributed by atoms with E-state index in [1.807, 2.05) is 6.92 Å².